The zero-order valence-electron chi connectivity index (χ0n) is 16.2. The maximum absolute atomic E-state index is 12.5. The monoisotopic (exact) mass is 391 g/mol. The summed E-state index contributed by atoms with van der Waals surface area (Å²) in [6, 6.07) is 9.39. The molecule has 0 spiro atoms. The van der Waals surface area contributed by atoms with Gasteiger partial charge in [0, 0.05) is 38.6 Å². The van der Waals surface area contributed by atoms with Crippen molar-refractivity contribution in [3.05, 3.63) is 53.9 Å². The fourth-order valence-corrected chi connectivity index (χ4v) is 3.94. The molecule has 0 atom stereocenters. The highest BCUT2D eigenvalue weighted by Crippen LogP contribution is 2.16. The molecule has 0 saturated heterocycles. The summed E-state index contributed by atoms with van der Waals surface area (Å²) in [5.74, 6) is 0.676. The molecular weight excluding hydrogens is 362 g/mol. The van der Waals surface area contributed by atoms with Crippen LogP contribution in [0, 0.1) is 13.8 Å². The second-order valence-electron chi connectivity index (χ2n) is 6.28. The number of nitrogens with zero attached hydrogens (tertiary/aromatic N) is 2. The van der Waals surface area contributed by atoms with Gasteiger partial charge < -0.3 is 15.2 Å². The van der Waals surface area contributed by atoms with Gasteiger partial charge in [-0.2, -0.15) is 0 Å². The molecule has 0 aliphatic carbocycles. The Labute approximate surface area is 161 Å². The Morgan fingerprint density at radius 1 is 1.11 bits per heavy atom. The van der Waals surface area contributed by atoms with E-state index in [0.29, 0.717) is 17.4 Å². The minimum absolute atomic E-state index is 0.240. The molecule has 1 heterocycles. The van der Waals surface area contributed by atoms with E-state index in [9.17, 15) is 8.42 Å². The molecule has 27 heavy (non-hydrogen) atoms. The summed E-state index contributed by atoms with van der Waals surface area (Å²) in [7, 11) is -3.53. The van der Waals surface area contributed by atoms with Gasteiger partial charge in [-0.05, 0) is 50.1 Å². The summed E-state index contributed by atoms with van der Waals surface area (Å²) in [5, 5.41) is 6.41. The summed E-state index contributed by atoms with van der Waals surface area (Å²) >= 11 is 0. The molecule has 7 nitrogen and oxygen atoms in total. The maximum Gasteiger partial charge on any atom is 0.240 e. The van der Waals surface area contributed by atoms with Crippen LogP contribution in [-0.2, 0) is 16.6 Å². The summed E-state index contributed by atoms with van der Waals surface area (Å²) in [6.07, 6.45) is 4.02. The lowest BCUT2D eigenvalue weighted by Crippen LogP contribution is -2.39. The molecule has 0 radical (unpaired) electrons. The highest BCUT2D eigenvalue weighted by Gasteiger charge is 2.16. The fourth-order valence-electron chi connectivity index (χ4n) is 2.59. The van der Waals surface area contributed by atoms with Gasteiger partial charge in [-0.15, -0.1) is 0 Å². The highest BCUT2D eigenvalue weighted by atomic mass is 32.2. The van der Waals surface area contributed by atoms with Gasteiger partial charge in [-0.1, -0.05) is 12.1 Å². The van der Waals surface area contributed by atoms with Crippen LogP contribution in [0.3, 0.4) is 0 Å². The van der Waals surface area contributed by atoms with Crippen LogP contribution in [-0.4, -0.2) is 45.1 Å². The summed E-state index contributed by atoms with van der Waals surface area (Å²) in [5.41, 5.74) is 1.65. The van der Waals surface area contributed by atoms with Gasteiger partial charge in [0.1, 0.15) is 0 Å². The van der Waals surface area contributed by atoms with Crippen molar-refractivity contribution in [2.75, 3.05) is 26.2 Å². The third-order valence-corrected chi connectivity index (χ3v) is 5.58. The molecule has 8 heteroatoms. The third-order valence-electron chi connectivity index (χ3n) is 3.98. The Hall–Kier alpha value is -2.32. The first-order chi connectivity index (χ1) is 12.9. The number of aryl methyl sites for hydroxylation is 2. The molecule has 0 unspecified atom stereocenters. The molecule has 0 aliphatic rings. The number of nitrogens with one attached hydrogen (secondary N) is 3. The average Bonchev–Trinajstić information content (AvgIpc) is 3.14. The Bertz CT molecular complexity index is 845. The molecule has 1 aromatic carbocycles. The topological polar surface area (TPSA) is 87.5 Å². The molecule has 1 aromatic heterocycles. The first kappa shape index (κ1) is 21.0. The largest absolute Gasteiger partial charge is 0.357 e. The molecule has 0 amide bonds. The molecule has 2 aromatic rings. The minimum Gasteiger partial charge on any atom is -0.357 e. The van der Waals surface area contributed by atoms with Gasteiger partial charge in [0.05, 0.1) is 11.4 Å². The van der Waals surface area contributed by atoms with E-state index in [1.54, 1.807) is 13.0 Å². The second-order valence-corrected chi connectivity index (χ2v) is 8.01. The van der Waals surface area contributed by atoms with E-state index in [1.165, 1.54) is 0 Å². The third kappa shape index (κ3) is 6.73. The zero-order valence-corrected chi connectivity index (χ0v) is 17.0. The van der Waals surface area contributed by atoms with Gasteiger partial charge in [0.15, 0.2) is 5.96 Å². The van der Waals surface area contributed by atoms with Crippen LogP contribution in [0.15, 0.2) is 52.6 Å². The predicted molar refractivity (Wildman–Crippen MR) is 110 cm³/mol. The highest BCUT2D eigenvalue weighted by molar-refractivity contribution is 7.89. The van der Waals surface area contributed by atoms with Gasteiger partial charge in [0.25, 0.3) is 0 Å². The smallest absolute Gasteiger partial charge is 0.240 e. The predicted octanol–water partition coefficient (Wildman–Crippen LogP) is 1.64. The Morgan fingerprint density at radius 2 is 1.85 bits per heavy atom. The van der Waals surface area contributed by atoms with Crippen molar-refractivity contribution < 1.29 is 8.42 Å². The van der Waals surface area contributed by atoms with E-state index in [1.807, 2.05) is 50.5 Å². The number of sulfonamides is 1. The molecule has 0 aliphatic heterocycles. The quantitative estimate of drug-likeness (QED) is 0.344. The van der Waals surface area contributed by atoms with E-state index in [2.05, 4.69) is 24.9 Å². The summed E-state index contributed by atoms with van der Waals surface area (Å²) < 4.78 is 29.7. The van der Waals surface area contributed by atoms with Crippen LogP contribution >= 0.6 is 0 Å². The summed E-state index contributed by atoms with van der Waals surface area (Å²) in [4.78, 5) is 4.75. The number of hydrogen-bond acceptors (Lipinski definition) is 3. The number of aromatic nitrogens is 1. The van der Waals surface area contributed by atoms with Crippen molar-refractivity contribution in [3.63, 3.8) is 0 Å². The van der Waals surface area contributed by atoms with Crippen LogP contribution in [0.1, 0.15) is 18.1 Å². The number of guanidine groups is 1. The fraction of sp³-hybridized carbons (Fsp3) is 0.421. The Kier molecular flexibility index (Phi) is 7.87. The van der Waals surface area contributed by atoms with Crippen molar-refractivity contribution in [3.8, 4) is 0 Å². The molecule has 2 rings (SSSR count). The normalized spacial score (nSPS) is 12.2. The van der Waals surface area contributed by atoms with E-state index in [4.69, 9.17) is 0 Å². The van der Waals surface area contributed by atoms with Crippen LogP contribution in [0.4, 0.5) is 0 Å². The van der Waals surface area contributed by atoms with E-state index in [-0.39, 0.29) is 6.54 Å². The Balaban J connectivity index is 1.86. The molecule has 0 bridgehead atoms. The van der Waals surface area contributed by atoms with Crippen LogP contribution in [0.2, 0.25) is 0 Å². The van der Waals surface area contributed by atoms with Crippen molar-refractivity contribution in [1.29, 1.82) is 0 Å². The van der Waals surface area contributed by atoms with Gasteiger partial charge in [-0.3, -0.25) is 4.99 Å². The zero-order chi connectivity index (χ0) is 19.7. The van der Waals surface area contributed by atoms with E-state index < -0.39 is 10.0 Å². The van der Waals surface area contributed by atoms with Gasteiger partial charge in [-0.25, -0.2) is 13.1 Å². The van der Waals surface area contributed by atoms with Crippen LogP contribution in [0.5, 0.6) is 0 Å². The van der Waals surface area contributed by atoms with Crippen LogP contribution in [0.25, 0.3) is 0 Å². The lowest BCUT2D eigenvalue weighted by Gasteiger charge is -2.12. The second kappa shape index (κ2) is 10.1. The lowest BCUT2D eigenvalue weighted by molar-refractivity contribution is 0.581. The minimum atomic E-state index is -3.53. The van der Waals surface area contributed by atoms with Crippen molar-refractivity contribution in [1.82, 2.24) is 19.9 Å². The molecule has 148 valence electrons. The molecule has 0 fully saturated rings. The standard InChI is InChI=1S/C19H29N5O2S/c1-4-20-19(22-11-14-24-12-5-6-13-24)21-9-10-23-27(25,26)18-15-16(2)7-8-17(18)3/h5-8,12-13,15,23H,4,9-11,14H2,1-3H3,(H2,20,21,22). The molecule has 0 saturated carbocycles. The number of aliphatic imine (C=N–C) groups is 1. The van der Waals surface area contributed by atoms with Crippen molar-refractivity contribution >= 4 is 16.0 Å². The number of rotatable bonds is 9. The van der Waals surface area contributed by atoms with E-state index in [0.717, 1.165) is 30.8 Å². The van der Waals surface area contributed by atoms with Crippen molar-refractivity contribution in [2.45, 2.75) is 32.2 Å². The SMILES string of the molecule is CCNC(=NCCNS(=O)(=O)c1cc(C)ccc1C)NCCn1cccc1. The lowest BCUT2D eigenvalue weighted by atomic mass is 10.2. The maximum atomic E-state index is 12.5. The number of benzene rings is 1. The first-order valence-electron chi connectivity index (χ1n) is 9.12. The molecular formula is C19H29N5O2S. The van der Waals surface area contributed by atoms with Crippen molar-refractivity contribution in [2.24, 2.45) is 4.99 Å². The van der Waals surface area contributed by atoms with E-state index >= 15 is 0 Å². The average molecular weight is 392 g/mol. The van der Waals surface area contributed by atoms with Crippen LogP contribution < -0.4 is 15.4 Å². The Morgan fingerprint density at radius 3 is 2.56 bits per heavy atom. The van der Waals surface area contributed by atoms with Gasteiger partial charge >= 0.3 is 0 Å². The number of hydrogen-bond donors (Lipinski definition) is 3. The first-order valence-corrected chi connectivity index (χ1v) is 10.6. The van der Waals surface area contributed by atoms with Gasteiger partial charge in [0.2, 0.25) is 10.0 Å². The molecule has 3 N–H and O–H groups in total. The summed E-state index contributed by atoms with van der Waals surface area (Å²) in [6.45, 7) is 8.56.